The summed E-state index contributed by atoms with van der Waals surface area (Å²) in [7, 11) is 1.35. The first-order chi connectivity index (χ1) is 11.3. The van der Waals surface area contributed by atoms with Gasteiger partial charge < -0.3 is 29.2 Å². The number of hydrogen-bond donors (Lipinski definition) is 2. The maximum absolute atomic E-state index is 10.6. The van der Waals surface area contributed by atoms with Crippen LogP contribution in [0, 0.1) is 10.1 Å². The normalized spacial score (nSPS) is 29.8. The number of aliphatic hydroxyl groups is 2. The first kappa shape index (κ1) is 18.5. The largest absolute Gasteiger partial charge is 0.447 e. The number of nitro groups is 1. The van der Waals surface area contributed by atoms with Crippen LogP contribution in [-0.2, 0) is 14.2 Å². The molecule has 1 aliphatic heterocycles. The molecule has 0 spiro atoms. The topological polar surface area (TPSA) is 121 Å². The van der Waals surface area contributed by atoms with Crippen LogP contribution < -0.4 is 4.74 Å². The Balaban J connectivity index is 2.00. The molecule has 5 atom stereocenters. The number of aliphatic hydroxyl groups excluding tert-OH is 2. The van der Waals surface area contributed by atoms with E-state index in [2.05, 4.69) is 0 Å². The lowest BCUT2D eigenvalue weighted by atomic mass is 10.00. The molecular weight excluding hydrogens is 342 g/mol. The quantitative estimate of drug-likeness (QED) is 0.456. The Morgan fingerprint density at radius 1 is 1.29 bits per heavy atom. The van der Waals surface area contributed by atoms with Crippen LogP contribution in [0.4, 0.5) is 5.69 Å². The molecule has 0 aliphatic carbocycles. The zero-order valence-corrected chi connectivity index (χ0v) is 13.7. The minimum atomic E-state index is -1.28. The summed E-state index contributed by atoms with van der Waals surface area (Å²) in [4.78, 5) is 10.1. The summed E-state index contributed by atoms with van der Waals surface area (Å²) in [5.41, 5.74) is -0.0961. The van der Waals surface area contributed by atoms with Crippen molar-refractivity contribution in [2.45, 2.75) is 37.6 Å². The molecule has 0 amide bonds. The molecule has 9 nitrogen and oxygen atoms in total. The van der Waals surface area contributed by atoms with Gasteiger partial charge in [0.2, 0.25) is 0 Å². The molecule has 0 bridgehead atoms. The third-order valence-corrected chi connectivity index (χ3v) is 3.67. The van der Waals surface area contributed by atoms with Gasteiger partial charge in [0.1, 0.15) is 18.0 Å². The van der Waals surface area contributed by atoms with Crippen molar-refractivity contribution in [3.05, 3.63) is 34.4 Å². The molecule has 1 saturated heterocycles. The van der Waals surface area contributed by atoms with E-state index in [1.165, 1.54) is 31.4 Å². The van der Waals surface area contributed by atoms with E-state index in [9.17, 15) is 20.3 Å². The minimum Gasteiger partial charge on any atom is -0.447 e. The van der Waals surface area contributed by atoms with Crippen LogP contribution in [0.2, 0.25) is 0 Å². The number of methoxy groups -OCH3 is 1. The minimum absolute atomic E-state index is 0.0961. The smallest absolute Gasteiger partial charge is 0.358 e. The third kappa shape index (κ3) is 4.16. The molecule has 0 saturated carbocycles. The lowest BCUT2D eigenvalue weighted by Crippen LogP contribution is -2.58. The summed E-state index contributed by atoms with van der Waals surface area (Å²) >= 11 is 4.94. The summed E-state index contributed by atoms with van der Waals surface area (Å²) in [6.07, 6.45) is -5.16. The Labute approximate surface area is 142 Å². The van der Waals surface area contributed by atoms with Crippen molar-refractivity contribution < 1.29 is 34.1 Å². The second-order valence-electron chi connectivity index (χ2n) is 5.11. The van der Waals surface area contributed by atoms with E-state index < -0.39 is 35.6 Å². The Hall–Kier alpha value is -1.85. The van der Waals surface area contributed by atoms with Crippen LogP contribution in [0.25, 0.3) is 0 Å². The molecule has 1 aromatic carbocycles. The average Bonchev–Trinajstić information content (AvgIpc) is 2.55. The van der Waals surface area contributed by atoms with Crippen LogP contribution in [0.3, 0.4) is 0 Å². The van der Waals surface area contributed by atoms with Crippen molar-refractivity contribution in [2.75, 3.05) is 7.11 Å². The standard InChI is InChI=1S/C14H17NO8S/c1-7-10(16)12(11(17)13(20-2)21-7)23-14(24)22-9-5-3-8(4-6-9)15(18)19/h3-7,10-13,16-17H,1-2H3/t7-,10-,11+,12+,13+/m0/s1. The van der Waals surface area contributed by atoms with Crippen molar-refractivity contribution in [1.82, 2.24) is 0 Å². The number of nitro benzene ring substituents is 1. The van der Waals surface area contributed by atoms with Crippen LogP contribution in [0.5, 0.6) is 5.75 Å². The van der Waals surface area contributed by atoms with Crippen molar-refractivity contribution in [1.29, 1.82) is 0 Å². The highest BCUT2D eigenvalue weighted by Gasteiger charge is 2.45. The molecule has 10 heteroatoms. The summed E-state index contributed by atoms with van der Waals surface area (Å²) in [5.74, 6) is 0.220. The van der Waals surface area contributed by atoms with Gasteiger partial charge in [-0.3, -0.25) is 10.1 Å². The molecule has 0 unspecified atom stereocenters. The molecular formula is C14H17NO8S. The Morgan fingerprint density at radius 2 is 1.92 bits per heavy atom. The molecule has 24 heavy (non-hydrogen) atoms. The zero-order chi connectivity index (χ0) is 17.9. The van der Waals surface area contributed by atoms with Gasteiger partial charge in [-0.2, -0.15) is 0 Å². The maximum Gasteiger partial charge on any atom is 0.358 e. The molecule has 1 fully saturated rings. The second kappa shape index (κ2) is 7.81. The molecule has 1 aromatic rings. The second-order valence-corrected chi connectivity index (χ2v) is 5.45. The predicted molar refractivity (Wildman–Crippen MR) is 84.6 cm³/mol. The van der Waals surface area contributed by atoms with Crippen molar-refractivity contribution in [3.8, 4) is 5.75 Å². The van der Waals surface area contributed by atoms with Crippen molar-refractivity contribution >= 4 is 23.1 Å². The molecule has 0 radical (unpaired) electrons. The summed E-state index contributed by atoms with van der Waals surface area (Å²) < 4.78 is 20.8. The zero-order valence-electron chi connectivity index (χ0n) is 12.9. The number of hydrogen-bond acceptors (Lipinski definition) is 9. The van der Waals surface area contributed by atoms with Crippen molar-refractivity contribution in [3.63, 3.8) is 0 Å². The number of non-ortho nitro benzene ring substituents is 1. The van der Waals surface area contributed by atoms with E-state index in [4.69, 9.17) is 31.2 Å². The average molecular weight is 359 g/mol. The van der Waals surface area contributed by atoms with E-state index in [1.54, 1.807) is 6.92 Å². The fourth-order valence-electron chi connectivity index (χ4n) is 2.20. The monoisotopic (exact) mass is 359 g/mol. The number of nitrogens with zero attached hydrogens (tertiary/aromatic N) is 1. The fraction of sp³-hybridized carbons (Fsp3) is 0.500. The molecule has 2 rings (SSSR count). The Morgan fingerprint density at radius 3 is 2.46 bits per heavy atom. The number of rotatable bonds is 4. The Kier molecular flexibility index (Phi) is 6.02. The van der Waals surface area contributed by atoms with Crippen LogP contribution in [0.1, 0.15) is 6.92 Å². The van der Waals surface area contributed by atoms with E-state index >= 15 is 0 Å². The Bertz CT molecular complexity index is 595. The highest BCUT2D eigenvalue weighted by molar-refractivity contribution is 7.79. The van der Waals surface area contributed by atoms with Gasteiger partial charge in [-0.1, -0.05) is 0 Å². The summed E-state index contributed by atoms with van der Waals surface area (Å²) in [6, 6.07) is 5.20. The lowest BCUT2D eigenvalue weighted by molar-refractivity contribution is -0.384. The van der Waals surface area contributed by atoms with Gasteiger partial charge in [-0.25, -0.2) is 0 Å². The number of ether oxygens (including phenoxy) is 4. The van der Waals surface area contributed by atoms with E-state index in [0.29, 0.717) is 0 Å². The first-order valence-electron chi connectivity index (χ1n) is 7.00. The fourth-order valence-corrected chi connectivity index (χ4v) is 2.41. The van der Waals surface area contributed by atoms with E-state index in [-0.39, 0.29) is 16.7 Å². The van der Waals surface area contributed by atoms with Gasteiger partial charge in [0.25, 0.3) is 5.69 Å². The lowest BCUT2D eigenvalue weighted by Gasteiger charge is -2.40. The molecule has 2 N–H and O–H groups in total. The highest BCUT2D eigenvalue weighted by Crippen LogP contribution is 2.25. The number of thiocarbonyl (C=S) groups is 1. The first-order valence-corrected chi connectivity index (χ1v) is 7.41. The third-order valence-electron chi connectivity index (χ3n) is 3.50. The molecule has 1 heterocycles. The van der Waals surface area contributed by atoms with Gasteiger partial charge >= 0.3 is 5.24 Å². The van der Waals surface area contributed by atoms with Gasteiger partial charge in [-0.15, -0.1) is 0 Å². The van der Waals surface area contributed by atoms with Gasteiger partial charge in [0.15, 0.2) is 12.4 Å². The van der Waals surface area contributed by atoms with Crippen LogP contribution >= 0.6 is 12.2 Å². The van der Waals surface area contributed by atoms with Gasteiger partial charge in [-0.05, 0) is 19.1 Å². The maximum atomic E-state index is 10.6. The SMILES string of the molecule is CO[C@@H]1O[C@@H](C)[C@H](O)[C@@H](OC(=S)Oc2ccc([N+](=O)[O-])cc2)[C@H]1O. The van der Waals surface area contributed by atoms with E-state index in [0.717, 1.165) is 0 Å². The summed E-state index contributed by atoms with van der Waals surface area (Å²) in [5, 5.41) is 30.4. The molecule has 0 aromatic heterocycles. The molecule has 1 aliphatic rings. The van der Waals surface area contributed by atoms with Gasteiger partial charge in [0.05, 0.1) is 11.0 Å². The van der Waals surface area contributed by atoms with E-state index in [1.807, 2.05) is 0 Å². The van der Waals surface area contributed by atoms with Crippen LogP contribution in [0.15, 0.2) is 24.3 Å². The molecule has 132 valence electrons. The van der Waals surface area contributed by atoms with Crippen molar-refractivity contribution in [2.24, 2.45) is 0 Å². The van der Waals surface area contributed by atoms with Gasteiger partial charge in [0, 0.05) is 31.5 Å². The summed E-state index contributed by atoms with van der Waals surface area (Å²) in [6.45, 7) is 1.60. The highest BCUT2D eigenvalue weighted by atomic mass is 32.1. The predicted octanol–water partition coefficient (Wildman–Crippen LogP) is 0.757. The van der Waals surface area contributed by atoms with Crippen LogP contribution in [-0.4, -0.2) is 58.2 Å². The number of benzene rings is 1.